The van der Waals surface area contributed by atoms with Crippen molar-refractivity contribution in [1.82, 2.24) is 14.9 Å². The van der Waals surface area contributed by atoms with Gasteiger partial charge in [-0.25, -0.2) is 0 Å². The number of pyridine rings is 1. The Kier molecular flexibility index (Phi) is 8.54. The molecule has 320 valence electrons. The van der Waals surface area contributed by atoms with Crippen molar-refractivity contribution < 1.29 is 0 Å². The summed E-state index contributed by atoms with van der Waals surface area (Å²) in [6.45, 7) is 3.21. The molecular formula is C65H45N3. The molecule has 0 bridgehead atoms. The number of para-hydroxylation sites is 1. The maximum absolute atomic E-state index is 5.02. The first-order valence-corrected chi connectivity index (χ1v) is 23.8. The van der Waals surface area contributed by atoms with Gasteiger partial charge in [0.25, 0.3) is 0 Å². The van der Waals surface area contributed by atoms with E-state index in [4.69, 9.17) is 4.98 Å². The third-order valence-electron chi connectivity index (χ3n) is 15.1. The second-order valence-electron chi connectivity index (χ2n) is 18.8. The van der Waals surface area contributed by atoms with Gasteiger partial charge in [0.05, 0.1) is 28.6 Å². The number of aromatic nitrogens is 2. The van der Waals surface area contributed by atoms with E-state index >= 15 is 0 Å². The lowest BCUT2D eigenvalue weighted by molar-refractivity contribution is 0.422. The molecule has 2 aromatic heterocycles. The molecule has 1 aliphatic heterocycles. The first-order chi connectivity index (χ1) is 33.6. The van der Waals surface area contributed by atoms with E-state index in [1.54, 1.807) is 0 Å². The normalized spacial score (nSPS) is 18.5. The fraction of sp³-hybridized carbons (Fsp3) is 0.0615. The number of rotatable bonds is 5. The zero-order valence-corrected chi connectivity index (χ0v) is 37.6. The van der Waals surface area contributed by atoms with E-state index < -0.39 is 0 Å². The van der Waals surface area contributed by atoms with E-state index in [-0.39, 0.29) is 11.3 Å². The van der Waals surface area contributed by atoms with Crippen LogP contribution in [0.15, 0.2) is 242 Å². The van der Waals surface area contributed by atoms with E-state index in [9.17, 15) is 0 Å². The Labute approximate surface area is 395 Å². The van der Waals surface area contributed by atoms with Crippen molar-refractivity contribution in [3.05, 3.63) is 253 Å². The molecule has 14 rings (SSSR count). The SMILES string of the molecule is CC12C=CC=CC1=C(c1c3ccccc3c(-c3cc4ccccc4c4ccccc34)c3cc(-c4ccc5c(c4)c4cc(C6=CC=CCN6)ncc4n5-c4ccccc4)ccc13)C=C1C=CC=CC12. The molecule has 4 aliphatic rings. The van der Waals surface area contributed by atoms with E-state index in [0.29, 0.717) is 0 Å². The summed E-state index contributed by atoms with van der Waals surface area (Å²) < 4.78 is 2.35. The molecule has 0 saturated heterocycles. The van der Waals surface area contributed by atoms with Crippen LogP contribution < -0.4 is 5.32 Å². The molecule has 2 atom stereocenters. The van der Waals surface area contributed by atoms with E-state index in [1.165, 1.54) is 98.4 Å². The van der Waals surface area contributed by atoms with Crippen molar-refractivity contribution in [2.45, 2.75) is 6.92 Å². The Morgan fingerprint density at radius 3 is 2.12 bits per heavy atom. The van der Waals surface area contributed by atoms with Gasteiger partial charge in [-0.2, -0.15) is 0 Å². The minimum Gasteiger partial charge on any atom is -0.380 e. The topological polar surface area (TPSA) is 29.9 Å². The average molecular weight is 868 g/mol. The minimum absolute atomic E-state index is 0.194. The highest BCUT2D eigenvalue weighted by Gasteiger charge is 2.41. The third-order valence-corrected chi connectivity index (χ3v) is 15.1. The van der Waals surface area contributed by atoms with E-state index in [1.807, 2.05) is 6.20 Å². The van der Waals surface area contributed by atoms with Crippen LogP contribution >= 0.6 is 0 Å². The predicted octanol–water partition coefficient (Wildman–Crippen LogP) is 16.2. The van der Waals surface area contributed by atoms with Crippen LogP contribution in [0.4, 0.5) is 0 Å². The van der Waals surface area contributed by atoms with Crippen LogP contribution in [0.1, 0.15) is 18.2 Å². The molecule has 68 heavy (non-hydrogen) atoms. The smallest absolute Gasteiger partial charge is 0.0868 e. The van der Waals surface area contributed by atoms with Crippen LogP contribution in [0.5, 0.6) is 0 Å². The predicted molar refractivity (Wildman–Crippen MR) is 288 cm³/mol. The molecule has 0 saturated carbocycles. The lowest BCUT2D eigenvalue weighted by atomic mass is 9.60. The van der Waals surface area contributed by atoms with Gasteiger partial charge in [-0.05, 0) is 136 Å². The molecule has 1 N–H and O–H groups in total. The Hall–Kier alpha value is -8.53. The van der Waals surface area contributed by atoms with Gasteiger partial charge in [0.2, 0.25) is 0 Å². The fourth-order valence-corrected chi connectivity index (χ4v) is 12.0. The molecule has 0 fully saturated rings. The van der Waals surface area contributed by atoms with Crippen LogP contribution in [-0.4, -0.2) is 16.1 Å². The molecule has 3 heterocycles. The van der Waals surface area contributed by atoms with Gasteiger partial charge >= 0.3 is 0 Å². The maximum atomic E-state index is 5.02. The van der Waals surface area contributed by atoms with Gasteiger partial charge in [0, 0.05) is 34.3 Å². The van der Waals surface area contributed by atoms with Crippen LogP contribution in [0.3, 0.4) is 0 Å². The van der Waals surface area contributed by atoms with Crippen LogP contribution in [0, 0.1) is 11.3 Å². The van der Waals surface area contributed by atoms with Crippen molar-refractivity contribution in [3.8, 4) is 27.9 Å². The molecule has 3 aliphatic carbocycles. The number of hydrogen-bond donors (Lipinski definition) is 1. The molecule has 2 unspecified atom stereocenters. The molecule has 10 aromatic rings. The fourth-order valence-electron chi connectivity index (χ4n) is 12.0. The van der Waals surface area contributed by atoms with Crippen molar-refractivity contribution >= 4 is 76.2 Å². The number of nitrogens with zero attached hydrogens (tertiary/aromatic N) is 2. The standard InChI is InChI=1S/C65H45N3/c1-65-33-15-13-27-58(65)56(38-44-18-6-12-26-57(44)65)63-49-24-10-11-25-50(49)64(54-37-43-17-5-7-21-46(43)47-22-8-9-23-48(47)54)55-36-41(29-31-51(55)63)42-30-32-61-52(35-42)53-39-60(59-28-14-16-34-66-59)67-40-62(53)68(61)45-19-3-2-4-20-45/h2-33,35-40,57,66H,34H2,1H3. The molecule has 3 heteroatoms. The maximum Gasteiger partial charge on any atom is 0.0868 e. The van der Waals surface area contributed by atoms with Crippen LogP contribution in [0.2, 0.25) is 0 Å². The monoisotopic (exact) mass is 867 g/mol. The number of benzene rings is 8. The summed E-state index contributed by atoms with van der Waals surface area (Å²) in [5, 5.41) is 15.9. The summed E-state index contributed by atoms with van der Waals surface area (Å²) in [7, 11) is 0. The third kappa shape index (κ3) is 5.75. The highest BCUT2D eigenvalue weighted by atomic mass is 15.0. The minimum atomic E-state index is -0.194. The zero-order chi connectivity index (χ0) is 44.9. The lowest BCUT2D eigenvalue weighted by Gasteiger charge is -2.42. The van der Waals surface area contributed by atoms with Crippen LogP contribution in [-0.2, 0) is 0 Å². The molecule has 3 nitrogen and oxygen atoms in total. The first kappa shape index (κ1) is 38.7. The summed E-state index contributed by atoms with van der Waals surface area (Å²) in [5.41, 5.74) is 15.3. The number of allylic oxidation sites excluding steroid dienone is 14. The molecular weight excluding hydrogens is 823 g/mol. The average Bonchev–Trinajstić information content (AvgIpc) is 3.73. The zero-order valence-electron chi connectivity index (χ0n) is 37.6. The Bertz CT molecular complexity index is 4090. The van der Waals surface area contributed by atoms with E-state index in [2.05, 4.69) is 241 Å². The number of nitrogens with one attached hydrogen (secondary N) is 1. The number of dihydropyridines is 1. The molecule has 0 spiro atoms. The number of fused-ring (bicyclic) bond motifs is 11. The highest BCUT2D eigenvalue weighted by Crippen LogP contribution is 2.55. The van der Waals surface area contributed by atoms with Gasteiger partial charge in [-0.3, -0.25) is 4.98 Å². The van der Waals surface area contributed by atoms with Gasteiger partial charge < -0.3 is 9.88 Å². The highest BCUT2D eigenvalue weighted by molar-refractivity contribution is 6.25. The second kappa shape index (κ2) is 15.0. The van der Waals surface area contributed by atoms with Gasteiger partial charge in [0.1, 0.15) is 0 Å². The van der Waals surface area contributed by atoms with Crippen molar-refractivity contribution in [2.24, 2.45) is 11.3 Å². The largest absolute Gasteiger partial charge is 0.380 e. The van der Waals surface area contributed by atoms with Gasteiger partial charge in [-0.1, -0.05) is 183 Å². The molecule has 0 amide bonds. The first-order valence-electron chi connectivity index (χ1n) is 23.8. The Morgan fingerprint density at radius 1 is 0.574 bits per heavy atom. The summed E-state index contributed by atoms with van der Waals surface area (Å²) in [6, 6.07) is 56.6. The Balaban J connectivity index is 1.08. The van der Waals surface area contributed by atoms with Gasteiger partial charge in [0.15, 0.2) is 0 Å². The molecule has 8 aromatic carbocycles. The Morgan fingerprint density at radius 2 is 1.28 bits per heavy atom. The number of hydrogen-bond acceptors (Lipinski definition) is 2. The quantitative estimate of drug-likeness (QED) is 0.138. The molecule has 0 radical (unpaired) electrons. The second-order valence-corrected chi connectivity index (χ2v) is 18.8. The summed E-state index contributed by atoms with van der Waals surface area (Å²) >= 11 is 0. The van der Waals surface area contributed by atoms with Crippen LogP contribution in [0.25, 0.3) is 104 Å². The van der Waals surface area contributed by atoms with Crippen molar-refractivity contribution in [3.63, 3.8) is 0 Å². The lowest BCUT2D eigenvalue weighted by Crippen LogP contribution is -2.32. The summed E-state index contributed by atoms with van der Waals surface area (Å²) in [6.07, 6.45) is 29.2. The van der Waals surface area contributed by atoms with Crippen molar-refractivity contribution in [1.29, 1.82) is 0 Å². The summed E-state index contributed by atoms with van der Waals surface area (Å²) in [5.74, 6) is 0.266. The van der Waals surface area contributed by atoms with E-state index in [0.717, 1.165) is 34.7 Å². The van der Waals surface area contributed by atoms with Gasteiger partial charge in [-0.15, -0.1) is 0 Å². The summed E-state index contributed by atoms with van der Waals surface area (Å²) in [4.78, 5) is 5.02. The van der Waals surface area contributed by atoms with Crippen molar-refractivity contribution in [2.75, 3.05) is 6.54 Å².